The van der Waals surface area contributed by atoms with E-state index in [4.69, 9.17) is 11.6 Å². The molecule has 0 fully saturated rings. The highest BCUT2D eigenvalue weighted by atomic mass is 35.5. The minimum absolute atomic E-state index is 0.331. The van der Waals surface area contributed by atoms with Gasteiger partial charge >= 0.3 is 0 Å². The van der Waals surface area contributed by atoms with E-state index in [9.17, 15) is 5.11 Å². The number of aliphatic hydroxyl groups is 1. The van der Waals surface area contributed by atoms with Gasteiger partial charge in [-0.2, -0.15) is 0 Å². The molecule has 2 aromatic rings. The predicted octanol–water partition coefficient (Wildman–Crippen LogP) is 0.681. The summed E-state index contributed by atoms with van der Waals surface area (Å²) in [5.41, 5.74) is 1.69. The topological polar surface area (TPSA) is 50.9 Å². The molecule has 0 aliphatic rings. The number of nitrogens with zero attached hydrogens (tertiary/aromatic N) is 3. The second-order valence-corrected chi connectivity index (χ2v) is 4.94. The van der Waals surface area contributed by atoms with Crippen LogP contribution in [0.5, 0.6) is 0 Å². The molecular weight excluding hydrogens is 250 g/mol. The van der Waals surface area contributed by atoms with Gasteiger partial charge in [-0.05, 0) is 6.07 Å². The van der Waals surface area contributed by atoms with E-state index in [0.717, 1.165) is 16.1 Å². The lowest BCUT2D eigenvalue weighted by molar-refractivity contribution is 0.571. The van der Waals surface area contributed by atoms with Gasteiger partial charge in [0.25, 0.3) is 0 Å². The average molecular weight is 258 g/mol. The highest BCUT2D eigenvalue weighted by Crippen LogP contribution is 2.29. The Bertz CT molecular complexity index is 502. The highest BCUT2D eigenvalue weighted by molar-refractivity contribution is 7.13. The first-order chi connectivity index (χ1) is 7.09. The van der Waals surface area contributed by atoms with Gasteiger partial charge < -0.3 is 5.11 Å². The number of aliphatic hydroxyl groups excluding tert-OH is 1. The zero-order valence-corrected chi connectivity index (χ0v) is 10.9. The van der Waals surface area contributed by atoms with Crippen LogP contribution in [0.4, 0.5) is 0 Å². The standard InChI is InChI=1S/C8H8ClN3OSSi/c1-12-6(7(9)10-11-12)4-2-5(8(13)15)14-3-4/h2-3,13H,15H2,1H3. The number of halogens is 1. The molecule has 1 N–H and O–H groups in total. The minimum atomic E-state index is 0.331. The summed E-state index contributed by atoms with van der Waals surface area (Å²) in [6.45, 7) is 0. The molecular formula is C8H8ClN3OSSi. The molecule has 0 aromatic carbocycles. The summed E-state index contributed by atoms with van der Waals surface area (Å²) in [7, 11) is 3.23. The van der Waals surface area contributed by atoms with Crippen molar-refractivity contribution in [3.8, 4) is 11.3 Å². The molecule has 0 amide bonds. The molecule has 0 bridgehead atoms. The number of rotatable bonds is 2. The maximum absolute atomic E-state index is 9.34. The zero-order chi connectivity index (χ0) is 11.0. The fourth-order valence-corrected chi connectivity index (χ4v) is 2.63. The van der Waals surface area contributed by atoms with Gasteiger partial charge in [-0.25, -0.2) is 4.68 Å². The summed E-state index contributed by atoms with van der Waals surface area (Å²) in [6.07, 6.45) is 0. The molecule has 2 rings (SSSR count). The summed E-state index contributed by atoms with van der Waals surface area (Å²) >= 11 is 7.38. The van der Waals surface area contributed by atoms with Crippen LogP contribution in [-0.4, -0.2) is 35.3 Å². The first-order valence-corrected chi connectivity index (χ1v) is 6.08. The van der Waals surface area contributed by atoms with Crippen LogP contribution in [0.1, 0.15) is 4.88 Å². The molecule has 0 spiro atoms. The maximum Gasteiger partial charge on any atom is 0.179 e. The molecule has 4 nitrogen and oxygen atoms in total. The third kappa shape index (κ3) is 1.88. The van der Waals surface area contributed by atoms with Crippen LogP contribution in [0.2, 0.25) is 5.15 Å². The van der Waals surface area contributed by atoms with Crippen LogP contribution in [0.3, 0.4) is 0 Å². The van der Waals surface area contributed by atoms with Gasteiger partial charge in [0.1, 0.15) is 5.69 Å². The molecule has 0 atom stereocenters. The Morgan fingerprint density at radius 3 is 2.87 bits per heavy atom. The Morgan fingerprint density at radius 2 is 2.40 bits per heavy atom. The van der Waals surface area contributed by atoms with Gasteiger partial charge in [-0.15, -0.1) is 16.4 Å². The number of aromatic nitrogens is 3. The lowest BCUT2D eigenvalue weighted by Crippen LogP contribution is -1.95. The number of aryl methyl sites for hydroxylation is 1. The van der Waals surface area contributed by atoms with E-state index >= 15 is 0 Å². The SMILES string of the molecule is Cn1nnc(Cl)c1-c1csc(C(O)=[SiH2])c1. The fourth-order valence-electron chi connectivity index (χ4n) is 1.25. The predicted molar refractivity (Wildman–Crippen MR) is 63.9 cm³/mol. The van der Waals surface area contributed by atoms with Gasteiger partial charge in [-0.3, -0.25) is 0 Å². The fraction of sp³-hybridized carbons (Fsp3) is 0.125. The minimum Gasteiger partial charge on any atom is -0.513 e. The second-order valence-electron chi connectivity index (χ2n) is 3.00. The molecule has 0 aliphatic carbocycles. The first-order valence-electron chi connectivity index (χ1n) is 4.12. The van der Waals surface area contributed by atoms with E-state index in [2.05, 4.69) is 10.3 Å². The van der Waals surface area contributed by atoms with Gasteiger partial charge in [-0.1, -0.05) is 16.8 Å². The molecule has 7 heteroatoms. The van der Waals surface area contributed by atoms with Crippen molar-refractivity contribution >= 4 is 38.1 Å². The van der Waals surface area contributed by atoms with Crippen molar-refractivity contribution < 1.29 is 5.11 Å². The lowest BCUT2D eigenvalue weighted by atomic mass is 10.2. The van der Waals surface area contributed by atoms with E-state index in [-0.39, 0.29) is 0 Å². The van der Waals surface area contributed by atoms with Crippen molar-refractivity contribution in [2.75, 3.05) is 0 Å². The van der Waals surface area contributed by atoms with Crippen molar-refractivity contribution in [1.29, 1.82) is 0 Å². The van der Waals surface area contributed by atoms with Crippen LogP contribution in [-0.2, 0) is 7.05 Å². The van der Waals surface area contributed by atoms with E-state index in [1.54, 1.807) is 11.7 Å². The molecule has 0 saturated heterocycles. The third-order valence-electron chi connectivity index (χ3n) is 1.94. The van der Waals surface area contributed by atoms with E-state index in [1.165, 1.54) is 21.2 Å². The zero-order valence-electron chi connectivity index (χ0n) is 7.94. The van der Waals surface area contributed by atoms with Crippen molar-refractivity contribution in [3.63, 3.8) is 0 Å². The smallest absolute Gasteiger partial charge is 0.179 e. The van der Waals surface area contributed by atoms with Crippen molar-refractivity contribution in [2.24, 2.45) is 7.05 Å². The van der Waals surface area contributed by atoms with Crippen LogP contribution in [0.15, 0.2) is 11.4 Å². The monoisotopic (exact) mass is 257 g/mol. The summed E-state index contributed by atoms with van der Waals surface area (Å²) in [5.74, 6) is 0. The summed E-state index contributed by atoms with van der Waals surface area (Å²) in [6, 6.07) is 1.87. The molecule has 0 saturated carbocycles. The van der Waals surface area contributed by atoms with Crippen molar-refractivity contribution in [1.82, 2.24) is 15.0 Å². The molecule has 78 valence electrons. The van der Waals surface area contributed by atoms with Gasteiger partial charge in [0.2, 0.25) is 0 Å². The Hall–Kier alpha value is -0.983. The number of hydrogen-bond donors (Lipinski definition) is 1. The Balaban J connectivity index is 2.50. The number of thiophene rings is 1. The molecule has 0 unspecified atom stereocenters. The third-order valence-corrected chi connectivity index (χ3v) is 3.81. The lowest BCUT2D eigenvalue weighted by Gasteiger charge is -1.96. The first kappa shape index (κ1) is 10.5. The molecule has 0 aliphatic heterocycles. The van der Waals surface area contributed by atoms with Crippen LogP contribution in [0, 0.1) is 0 Å². The average Bonchev–Trinajstić information content (AvgIpc) is 2.73. The summed E-state index contributed by atoms with van der Waals surface area (Å²) in [5, 5.41) is 19.5. The Kier molecular flexibility index (Phi) is 2.72. The van der Waals surface area contributed by atoms with Crippen molar-refractivity contribution in [2.45, 2.75) is 0 Å². The normalized spacial score (nSPS) is 10.5. The highest BCUT2D eigenvalue weighted by Gasteiger charge is 2.13. The van der Waals surface area contributed by atoms with E-state index in [1.807, 2.05) is 11.4 Å². The molecule has 2 heterocycles. The maximum atomic E-state index is 9.34. The summed E-state index contributed by atoms with van der Waals surface area (Å²) < 4.78 is 1.61. The van der Waals surface area contributed by atoms with E-state index < -0.39 is 0 Å². The molecule has 2 aromatic heterocycles. The summed E-state index contributed by atoms with van der Waals surface area (Å²) in [4.78, 5) is 0.834. The van der Waals surface area contributed by atoms with Crippen molar-refractivity contribution in [3.05, 3.63) is 21.5 Å². The van der Waals surface area contributed by atoms with Gasteiger partial charge in [0.05, 0.1) is 10.2 Å². The Morgan fingerprint density at radius 1 is 1.67 bits per heavy atom. The quantitative estimate of drug-likeness (QED) is 0.805. The van der Waals surface area contributed by atoms with Gasteiger partial charge in [0.15, 0.2) is 5.15 Å². The number of hydrogen-bond acceptors (Lipinski definition) is 4. The largest absolute Gasteiger partial charge is 0.513 e. The molecule has 0 radical (unpaired) electrons. The Labute approximate surface area is 98.2 Å². The van der Waals surface area contributed by atoms with Gasteiger partial charge in [0, 0.05) is 27.8 Å². The van der Waals surface area contributed by atoms with E-state index in [0.29, 0.717) is 10.5 Å². The second kappa shape index (κ2) is 3.88. The van der Waals surface area contributed by atoms with Crippen LogP contribution in [0.25, 0.3) is 11.3 Å². The van der Waals surface area contributed by atoms with Crippen LogP contribution < -0.4 is 0 Å². The van der Waals surface area contributed by atoms with Crippen LogP contribution >= 0.6 is 22.9 Å². The molecule has 15 heavy (non-hydrogen) atoms.